The Labute approximate surface area is 339 Å². The predicted molar refractivity (Wildman–Crippen MR) is 216 cm³/mol. The van der Waals surface area contributed by atoms with Crippen molar-refractivity contribution in [2.75, 3.05) is 39.3 Å². The molecule has 0 spiro atoms. The maximum Gasteiger partial charge on any atom is 0.408 e. The fourth-order valence-corrected chi connectivity index (χ4v) is 9.48. The number of alkyl halides is 1. The van der Waals surface area contributed by atoms with Gasteiger partial charge in [0.15, 0.2) is 0 Å². The molecule has 15 nitrogen and oxygen atoms in total. The van der Waals surface area contributed by atoms with Crippen molar-refractivity contribution in [1.82, 2.24) is 25.2 Å². The van der Waals surface area contributed by atoms with E-state index in [-0.39, 0.29) is 49.9 Å². The number of sulfonamides is 1. The number of ether oxygens (including phenoxy) is 3. The Morgan fingerprint density at radius 1 is 1.12 bits per heavy atom. The lowest BCUT2D eigenvalue weighted by atomic mass is 9.88. The molecule has 1 aromatic heterocycles. The smallest absolute Gasteiger partial charge is 0.408 e. The van der Waals surface area contributed by atoms with E-state index in [1.807, 2.05) is 56.3 Å². The standard InChI is InChI=1S/C41H57FN6O9S/c1-24-11-9-10-12-26-20-41(26,37(51)46-58(53,54)40(23-42)15-16-40)45-34(49)31-19-28(22-48(31)36(50)33(25(2)17-24)44-38(52)57-39(3,4)5)56-35-29-14-13-27(47(6)7)18-30(29)32(55-8)21-43-35/h10,12-14,18,21,24-26,28,31,33H,9,11,15-17,19-20,22-23H2,1-8H3,(H,44,52)(H,45,49)(H,46,51)/b12-10-/t24-,25-,26-,28-,31+,33+,41-/m1/s1. The number of carbonyl (C=O) groups is 4. The van der Waals surface area contributed by atoms with Gasteiger partial charge in [0.2, 0.25) is 27.7 Å². The van der Waals surface area contributed by atoms with Gasteiger partial charge in [0.1, 0.15) is 46.5 Å². The monoisotopic (exact) mass is 828 g/mol. The highest BCUT2D eigenvalue weighted by Crippen LogP contribution is 2.48. The summed E-state index contributed by atoms with van der Waals surface area (Å²) in [5.74, 6) is -2.25. The van der Waals surface area contributed by atoms with Crippen LogP contribution in [0.4, 0.5) is 14.9 Å². The van der Waals surface area contributed by atoms with Gasteiger partial charge in [-0.1, -0.05) is 26.0 Å². The zero-order valence-corrected chi connectivity index (χ0v) is 35.4. The number of rotatable bonds is 9. The summed E-state index contributed by atoms with van der Waals surface area (Å²) in [4.78, 5) is 64.5. The van der Waals surface area contributed by atoms with Crippen LogP contribution in [0, 0.1) is 17.8 Å². The van der Waals surface area contributed by atoms with E-state index >= 15 is 0 Å². The minimum Gasteiger partial charge on any atom is -0.494 e. The molecule has 318 valence electrons. The third kappa shape index (κ3) is 8.83. The largest absolute Gasteiger partial charge is 0.494 e. The van der Waals surface area contributed by atoms with Crippen molar-refractivity contribution in [2.24, 2.45) is 17.8 Å². The number of alkyl carbamates (subject to hydrolysis) is 1. The Bertz CT molecular complexity index is 2070. The summed E-state index contributed by atoms with van der Waals surface area (Å²) in [6, 6.07) is 3.41. The van der Waals surface area contributed by atoms with Crippen LogP contribution in [0.15, 0.2) is 36.5 Å². The predicted octanol–water partition coefficient (Wildman–Crippen LogP) is 4.39. The highest BCUT2D eigenvalue weighted by Gasteiger charge is 2.64. The van der Waals surface area contributed by atoms with Gasteiger partial charge in [-0.25, -0.2) is 22.6 Å². The fourth-order valence-electron chi connectivity index (χ4n) is 8.06. The van der Waals surface area contributed by atoms with Crippen LogP contribution in [0.1, 0.15) is 79.6 Å². The van der Waals surface area contributed by atoms with Gasteiger partial charge in [0.05, 0.1) is 19.9 Å². The first-order valence-corrected chi connectivity index (χ1v) is 21.4. The molecule has 1 saturated heterocycles. The number of pyridine rings is 1. The van der Waals surface area contributed by atoms with Crippen molar-refractivity contribution in [3.05, 3.63) is 36.5 Å². The molecule has 0 unspecified atom stereocenters. The lowest BCUT2D eigenvalue weighted by Gasteiger charge is -2.33. The molecule has 4 aliphatic rings. The van der Waals surface area contributed by atoms with Gasteiger partial charge in [-0.05, 0) is 89.3 Å². The summed E-state index contributed by atoms with van der Waals surface area (Å²) < 4.78 is 58.4. The summed E-state index contributed by atoms with van der Waals surface area (Å²) in [5, 5.41) is 7.01. The van der Waals surface area contributed by atoms with Crippen LogP contribution in [-0.2, 0) is 29.1 Å². The number of fused-ring (bicyclic) bond motifs is 3. The van der Waals surface area contributed by atoms with E-state index < -0.39 is 80.5 Å². The molecular weight excluding hydrogens is 772 g/mol. The van der Waals surface area contributed by atoms with E-state index in [1.165, 1.54) is 4.90 Å². The quantitative estimate of drug-likeness (QED) is 0.305. The number of anilines is 1. The number of carbonyl (C=O) groups excluding carboxylic acids is 4. The summed E-state index contributed by atoms with van der Waals surface area (Å²) in [6.45, 7) is 7.87. The van der Waals surface area contributed by atoms with Crippen molar-refractivity contribution in [2.45, 2.75) is 114 Å². The zero-order chi connectivity index (χ0) is 42.4. The maximum absolute atomic E-state index is 14.8. The lowest BCUT2D eigenvalue weighted by molar-refractivity contribution is -0.142. The molecule has 3 N–H and O–H groups in total. The number of methoxy groups -OCH3 is 1. The van der Waals surface area contributed by atoms with E-state index in [9.17, 15) is 32.0 Å². The lowest BCUT2D eigenvalue weighted by Crippen LogP contribution is -2.59. The number of amides is 4. The van der Waals surface area contributed by atoms with Crippen molar-refractivity contribution in [3.63, 3.8) is 0 Å². The van der Waals surface area contributed by atoms with E-state index in [2.05, 4.69) is 27.3 Å². The van der Waals surface area contributed by atoms with Crippen molar-refractivity contribution in [1.29, 1.82) is 0 Å². The Morgan fingerprint density at radius 2 is 1.84 bits per heavy atom. The highest BCUT2D eigenvalue weighted by atomic mass is 32.2. The molecule has 4 amide bonds. The van der Waals surface area contributed by atoms with Crippen LogP contribution in [0.3, 0.4) is 0 Å². The van der Waals surface area contributed by atoms with Gasteiger partial charge in [-0.15, -0.1) is 0 Å². The topological polar surface area (TPSA) is 186 Å². The molecule has 58 heavy (non-hydrogen) atoms. The Balaban J connectivity index is 1.36. The molecule has 0 bridgehead atoms. The first-order valence-electron chi connectivity index (χ1n) is 19.9. The molecule has 1 aromatic carbocycles. The van der Waals surface area contributed by atoms with Crippen LogP contribution in [0.5, 0.6) is 11.6 Å². The first kappa shape index (κ1) is 42.9. The molecule has 3 heterocycles. The van der Waals surface area contributed by atoms with Crippen LogP contribution in [0.25, 0.3) is 10.8 Å². The second-order valence-corrected chi connectivity index (χ2v) is 19.8. The van der Waals surface area contributed by atoms with Crippen molar-refractivity contribution >= 4 is 50.3 Å². The van der Waals surface area contributed by atoms with Gasteiger partial charge < -0.3 is 34.6 Å². The number of hydrogen-bond donors (Lipinski definition) is 3. The number of benzene rings is 1. The zero-order valence-electron chi connectivity index (χ0n) is 34.6. The number of nitrogens with one attached hydrogen (secondary N) is 3. The van der Waals surface area contributed by atoms with Gasteiger partial charge in [-0.2, -0.15) is 0 Å². The van der Waals surface area contributed by atoms with Gasteiger partial charge in [-0.3, -0.25) is 19.1 Å². The van der Waals surface area contributed by atoms with Crippen molar-refractivity contribution < 1.29 is 46.2 Å². The normalized spacial score (nSPS) is 29.1. The fraction of sp³-hybridized carbons (Fsp3) is 0.634. The molecule has 3 fully saturated rings. The maximum atomic E-state index is 14.8. The number of allylic oxidation sites excluding steroid dienone is 1. The SMILES string of the molecule is COc1cnc(O[C@@H]2C[C@H]3C(=O)N[C@]4(C(=O)NS(=O)(=O)C5(CF)CC5)C[C@H]4/C=C\CC[C@@H](C)C[C@@H](C)[C@H](NC(=O)OC(C)(C)C)C(=O)N3C2)c2ccc(N(C)C)cc12. The summed E-state index contributed by atoms with van der Waals surface area (Å²) in [5.41, 5.74) is -1.59. The molecule has 2 aromatic rings. The van der Waals surface area contributed by atoms with Crippen LogP contribution < -0.4 is 29.7 Å². The first-order chi connectivity index (χ1) is 27.2. The molecular formula is C41H57FN6O9S. The minimum atomic E-state index is -4.39. The average Bonchev–Trinajstić information content (AvgIpc) is 4.05. The number of hydrogen-bond acceptors (Lipinski definition) is 11. The Morgan fingerprint density at radius 3 is 2.48 bits per heavy atom. The Hall–Kier alpha value is -4.67. The van der Waals surface area contributed by atoms with Gasteiger partial charge in [0.25, 0.3) is 5.91 Å². The average molecular weight is 829 g/mol. The molecule has 17 heteroatoms. The van der Waals surface area contributed by atoms with Crippen LogP contribution in [0.2, 0.25) is 0 Å². The molecule has 2 aliphatic carbocycles. The minimum absolute atomic E-state index is 0.0199. The van der Waals surface area contributed by atoms with Gasteiger partial charge >= 0.3 is 6.09 Å². The third-order valence-corrected chi connectivity index (χ3v) is 13.9. The summed E-state index contributed by atoms with van der Waals surface area (Å²) in [7, 11) is 0.986. The van der Waals surface area contributed by atoms with Crippen LogP contribution in [-0.4, -0.2) is 111 Å². The molecule has 2 aliphatic heterocycles. The van der Waals surface area contributed by atoms with E-state index in [4.69, 9.17) is 14.2 Å². The molecule has 7 atom stereocenters. The Kier molecular flexibility index (Phi) is 12.0. The number of halogens is 1. The molecule has 6 rings (SSSR count). The highest BCUT2D eigenvalue weighted by molar-refractivity contribution is 7.91. The number of aromatic nitrogens is 1. The molecule has 2 saturated carbocycles. The summed E-state index contributed by atoms with van der Waals surface area (Å²) >= 11 is 0. The van der Waals surface area contributed by atoms with E-state index in [0.29, 0.717) is 24.0 Å². The van der Waals surface area contributed by atoms with Gasteiger partial charge in [0, 0.05) is 42.9 Å². The summed E-state index contributed by atoms with van der Waals surface area (Å²) in [6.07, 6.45) is 5.85. The second kappa shape index (κ2) is 16.2. The van der Waals surface area contributed by atoms with E-state index in [0.717, 1.165) is 17.5 Å². The second-order valence-electron chi connectivity index (χ2n) is 17.7. The van der Waals surface area contributed by atoms with Crippen LogP contribution >= 0.6 is 0 Å². The molecule has 0 radical (unpaired) electrons. The number of nitrogens with zero attached hydrogens (tertiary/aromatic N) is 3. The van der Waals surface area contributed by atoms with E-state index in [1.54, 1.807) is 34.1 Å². The van der Waals surface area contributed by atoms with Crippen molar-refractivity contribution in [3.8, 4) is 11.6 Å². The third-order valence-electron chi connectivity index (χ3n) is 11.8.